The fraction of sp³-hybridized carbons (Fsp3) is 0. The van der Waals surface area contributed by atoms with E-state index in [0.29, 0.717) is 0 Å². The van der Waals surface area contributed by atoms with Gasteiger partial charge in [-0.3, -0.25) is 0 Å². The lowest BCUT2D eigenvalue weighted by molar-refractivity contribution is 0.669. The molecule has 9 aromatic rings. The van der Waals surface area contributed by atoms with Crippen LogP contribution in [0.25, 0.3) is 66.4 Å². The minimum atomic E-state index is 0.905. The van der Waals surface area contributed by atoms with Crippen LogP contribution in [0.4, 0.5) is 17.1 Å². The Morgan fingerprint density at radius 2 is 0.600 bits per heavy atom. The van der Waals surface area contributed by atoms with Crippen LogP contribution in [0.2, 0.25) is 0 Å². The van der Waals surface area contributed by atoms with Crippen LogP contribution in [0, 0.1) is 0 Å². The van der Waals surface area contributed by atoms with E-state index in [1.54, 1.807) is 0 Å². The third kappa shape index (κ3) is 5.63. The van der Waals surface area contributed by atoms with Crippen molar-refractivity contribution in [1.29, 1.82) is 0 Å². The molecule has 0 saturated heterocycles. The highest BCUT2D eigenvalue weighted by molar-refractivity contribution is 6.05. The first-order chi connectivity index (χ1) is 24.8. The Kier molecular flexibility index (Phi) is 7.53. The third-order valence-corrected chi connectivity index (χ3v) is 9.52. The Balaban J connectivity index is 1.05. The van der Waals surface area contributed by atoms with Crippen LogP contribution in [0.1, 0.15) is 0 Å². The van der Waals surface area contributed by atoms with Gasteiger partial charge in [-0.1, -0.05) is 146 Å². The summed E-state index contributed by atoms with van der Waals surface area (Å²) in [5.41, 5.74) is 14.6. The SMILES string of the molecule is c1ccc(-c2ccc(-c3ccc(N(c4ccc(-c5ccccc5)cc4)c4ccc(-c5ccc6c(c5)oc5ccccc56)cc4)cc3)cc2)cc1. The fourth-order valence-corrected chi connectivity index (χ4v) is 6.88. The molecule has 9 rings (SSSR count). The summed E-state index contributed by atoms with van der Waals surface area (Å²) in [7, 11) is 0. The van der Waals surface area contributed by atoms with Crippen LogP contribution in [0.5, 0.6) is 0 Å². The molecule has 236 valence electrons. The maximum atomic E-state index is 6.19. The third-order valence-electron chi connectivity index (χ3n) is 9.52. The zero-order valence-electron chi connectivity index (χ0n) is 27.4. The van der Waals surface area contributed by atoms with Crippen molar-refractivity contribution in [3.05, 3.63) is 200 Å². The fourth-order valence-electron chi connectivity index (χ4n) is 6.88. The summed E-state index contributed by atoms with van der Waals surface area (Å²) in [4.78, 5) is 2.32. The second-order valence-corrected chi connectivity index (χ2v) is 12.6. The number of rotatable bonds is 7. The summed E-state index contributed by atoms with van der Waals surface area (Å²) in [6.45, 7) is 0. The number of nitrogens with zero attached hydrogens (tertiary/aromatic N) is 1. The lowest BCUT2D eigenvalue weighted by atomic mass is 10.00. The molecule has 0 atom stereocenters. The molecule has 50 heavy (non-hydrogen) atoms. The Bertz CT molecular complexity index is 2530. The first-order valence-corrected chi connectivity index (χ1v) is 17.0. The van der Waals surface area contributed by atoms with Crippen molar-refractivity contribution in [1.82, 2.24) is 0 Å². The number of para-hydroxylation sites is 1. The van der Waals surface area contributed by atoms with Gasteiger partial charge in [0, 0.05) is 27.8 Å². The molecule has 0 saturated carbocycles. The Morgan fingerprint density at radius 1 is 0.260 bits per heavy atom. The lowest BCUT2D eigenvalue weighted by Gasteiger charge is -2.26. The highest BCUT2D eigenvalue weighted by atomic mass is 16.3. The maximum absolute atomic E-state index is 6.19. The van der Waals surface area contributed by atoms with Crippen LogP contribution in [0.3, 0.4) is 0 Å². The maximum Gasteiger partial charge on any atom is 0.136 e. The molecule has 0 fully saturated rings. The summed E-state index contributed by atoms with van der Waals surface area (Å²) in [6, 6.07) is 71.1. The number of hydrogen-bond acceptors (Lipinski definition) is 2. The molecule has 0 aliphatic rings. The molecule has 0 radical (unpaired) electrons. The molecule has 0 spiro atoms. The first kappa shape index (κ1) is 29.5. The molecule has 1 aromatic heterocycles. The number of furan rings is 1. The first-order valence-electron chi connectivity index (χ1n) is 17.0. The Hall–Kier alpha value is -6.64. The van der Waals surface area contributed by atoms with E-state index >= 15 is 0 Å². The van der Waals surface area contributed by atoms with E-state index < -0.39 is 0 Å². The molecule has 2 nitrogen and oxygen atoms in total. The minimum Gasteiger partial charge on any atom is -0.456 e. The highest BCUT2D eigenvalue weighted by Gasteiger charge is 2.15. The normalized spacial score (nSPS) is 11.2. The van der Waals surface area contributed by atoms with Crippen molar-refractivity contribution in [3.63, 3.8) is 0 Å². The van der Waals surface area contributed by atoms with Crippen molar-refractivity contribution in [2.24, 2.45) is 0 Å². The average Bonchev–Trinajstić information content (AvgIpc) is 3.58. The molecule has 0 aliphatic heterocycles. The number of fused-ring (bicyclic) bond motifs is 3. The summed E-state index contributed by atoms with van der Waals surface area (Å²) in [5.74, 6) is 0. The van der Waals surface area contributed by atoms with E-state index in [2.05, 4.69) is 193 Å². The number of benzene rings is 8. The van der Waals surface area contributed by atoms with Gasteiger partial charge < -0.3 is 9.32 Å². The van der Waals surface area contributed by atoms with Gasteiger partial charge in [-0.15, -0.1) is 0 Å². The van der Waals surface area contributed by atoms with Crippen molar-refractivity contribution in [3.8, 4) is 44.5 Å². The summed E-state index contributed by atoms with van der Waals surface area (Å²) >= 11 is 0. The van der Waals surface area contributed by atoms with Gasteiger partial charge in [0.2, 0.25) is 0 Å². The van der Waals surface area contributed by atoms with Gasteiger partial charge in [0.15, 0.2) is 0 Å². The topological polar surface area (TPSA) is 16.4 Å². The van der Waals surface area contributed by atoms with Gasteiger partial charge in [0.05, 0.1) is 0 Å². The summed E-state index contributed by atoms with van der Waals surface area (Å²) < 4.78 is 6.19. The number of anilines is 3. The smallest absolute Gasteiger partial charge is 0.136 e. The van der Waals surface area contributed by atoms with Crippen LogP contribution < -0.4 is 4.90 Å². The quantitative estimate of drug-likeness (QED) is 0.173. The van der Waals surface area contributed by atoms with Gasteiger partial charge in [-0.05, 0) is 99.1 Å². The molecule has 1 heterocycles. The second kappa shape index (κ2) is 12.8. The molecule has 0 bridgehead atoms. The minimum absolute atomic E-state index is 0.905. The van der Waals surface area contributed by atoms with Crippen LogP contribution in [-0.2, 0) is 0 Å². The second-order valence-electron chi connectivity index (χ2n) is 12.6. The van der Waals surface area contributed by atoms with E-state index in [0.717, 1.165) is 50.1 Å². The number of hydrogen-bond donors (Lipinski definition) is 0. The standard InChI is InChI=1S/C48H33NO/c1-3-9-34(10-4-1)36-15-17-37(18-16-36)39-21-28-43(29-22-39)49(42-26-19-38(20-27-42)35-11-5-2-6-12-35)44-30-23-40(24-31-44)41-25-32-46-45-13-7-8-14-47(45)50-48(46)33-41/h1-33H. The predicted octanol–water partition coefficient (Wildman–Crippen LogP) is 13.7. The van der Waals surface area contributed by atoms with Gasteiger partial charge >= 0.3 is 0 Å². The average molecular weight is 640 g/mol. The van der Waals surface area contributed by atoms with E-state index in [9.17, 15) is 0 Å². The van der Waals surface area contributed by atoms with Gasteiger partial charge in [-0.25, -0.2) is 0 Å². The summed E-state index contributed by atoms with van der Waals surface area (Å²) in [5, 5.41) is 2.29. The Labute approximate surface area is 292 Å². The van der Waals surface area contributed by atoms with Crippen molar-refractivity contribution < 1.29 is 4.42 Å². The van der Waals surface area contributed by atoms with Crippen molar-refractivity contribution >= 4 is 39.0 Å². The molecular formula is C48H33NO. The monoisotopic (exact) mass is 639 g/mol. The van der Waals surface area contributed by atoms with Crippen LogP contribution >= 0.6 is 0 Å². The van der Waals surface area contributed by atoms with E-state index in [-0.39, 0.29) is 0 Å². The highest BCUT2D eigenvalue weighted by Crippen LogP contribution is 2.39. The van der Waals surface area contributed by atoms with E-state index in [1.807, 2.05) is 12.1 Å². The van der Waals surface area contributed by atoms with Gasteiger partial charge in [-0.2, -0.15) is 0 Å². The van der Waals surface area contributed by atoms with Crippen LogP contribution in [0.15, 0.2) is 205 Å². The summed E-state index contributed by atoms with van der Waals surface area (Å²) in [6.07, 6.45) is 0. The Morgan fingerprint density at radius 3 is 1.08 bits per heavy atom. The largest absolute Gasteiger partial charge is 0.456 e. The van der Waals surface area contributed by atoms with Gasteiger partial charge in [0.25, 0.3) is 0 Å². The zero-order valence-corrected chi connectivity index (χ0v) is 27.4. The van der Waals surface area contributed by atoms with Crippen LogP contribution in [-0.4, -0.2) is 0 Å². The lowest BCUT2D eigenvalue weighted by Crippen LogP contribution is -2.09. The molecule has 0 N–H and O–H groups in total. The zero-order chi connectivity index (χ0) is 33.3. The molecular weight excluding hydrogens is 607 g/mol. The molecule has 0 amide bonds. The van der Waals surface area contributed by atoms with E-state index in [4.69, 9.17) is 4.42 Å². The molecule has 0 aliphatic carbocycles. The van der Waals surface area contributed by atoms with Crippen molar-refractivity contribution in [2.45, 2.75) is 0 Å². The van der Waals surface area contributed by atoms with Gasteiger partial charge in [0.1, 0.15) is 11.2 Å². The molecule has 0 unspecified atom stereocenters. The predicted molar refractivity (Wildman–Crippen MR) is 210 cm³/mol. The van der Waals surface area contributed by atoms with E-state index in [1.165, 1.54) is 33.4 Å². The molecule has 8 aromatic carbocycles. The molecule has 2 heteroatoms. The van der Waals surface area contributed by atoms with Crippen molar-refractivity contribution in [2.75, 3.05) is 4.90 Å².